The van der Waals surface area contributed by atoms with Crippen LogP contribution in [0, 0.1) is 11.8 Å². The van der Waals surface area contributed by atoms with Crippen molar-refractivity contribution in [3.63, 3.8) is 0 Å². The average molecular weight is 366 g/mol. The van der Waals surface area contributed by atoms with Gasteiger partial charge in [-0.2, -0.15) is 0 Å². The van der Waals surface area contributed by atoms with Crippen molar-refractivity contribution in [3.8, 4) is 0 Å². The Hall–Kier alpha value is -2.25. The molecule has 1 amide bonds. The molecule has 3 saturated heterocycles. The van der Waals surface area contributed by atoms with Crippen LogP contribution in [0.5, 0.6) is 0 Å². The number of aliphatic hydroxyl groups excluding tert-OH is 2. The van der Waals surface area contributed by atoms with E-state index in [0.29, 0.717) is 6.54 Å². The van der Waals surface area contributed by atoms with E-state index in [1.165, 1.54) is 0 Å². The molecular formula is C21H22N2O4. The van der Waals surface area contributed by atoms with E-state index in [1.54, 1.807) is 4.90 Å². The van der Waals surface area contributed by atoms with E-state index < -0.39 is 12.5 Å². The van der Waals surface area contributed by atoms with E-state index in [0.717, 1.165) is 11.3 Å². The largest absolute Gasteiger partial charge is 0.394 e. The predicted molar refractivity (Wildman–Crippen MR) is 98.6 cm³/mol. The summed E-state index contributed by atoms with van der Waals surface area (Å²) in [4.78, 5) is 16.9. The van der Waals surface area contributed by atoms with Gasteiger partial charge in [0.1, 0.15) is 6.23 Å². The minimum atomic E-state index is -0.984. The fraction of sp³-hybridized carbons (Fsp3) is 0.381. The number of benzene rings is 2. The number of aliphatic hydroxyl groups is 2. The predicted octanol–water partition coefficient (Wildman–Crippen LogP) is 1.36. The van der Waals surface area contributed by atoms with Gasteiger partial charge in [-0.25, -0.2) is 0 Å². The van der Waals surface area contributed by atoms with Gasteiger partial charge in [0.2, 0.25) is 5.91 Å². The Morgan fingerprint density at radius 2 is 1.74 bits per heavy atom. The average Bonchev–Trinajstić information content (AvgIpc) is 3.32. The lowest BCUT2D eigenvalue weighted by Crippen LogP contribution is -2.43. The van der Waals surface area contributed by atoms with Crippen LogP contribution in [-0.2, 0) is 9.53 Å². The zero-order valence-electron chi connectivity index (χ0n) is 14.8. The van der Waals surface area contributed by atoms with Gasteiger partial charge in [-0.15, -0.1) is 0 Å². The molecule has 6 heteroatoms. The summed E-state index contributed by atoms with van der Waals surface area (Å²) in [7, 11) is 0. The number of carbonyl (C=O) groups excluding carboxylic acids is 1. The van der Waals surface area contributed by atoms with E-state index in [2.05, 4.69) is 4.90 Å². The summed E-state index contributed by atoms with van der Waals surface area (Å²) in [5, 5.41) is 20.7. The Morgan fingerprint density at radius 3 is 2.41 bits per heavy atom. The molecule has 140 valence electrons. The van der Waals surface area contributed by atoms with Gasteiger partial charge < -0.3 is 14.9 Å². The maximum atomic E-state index is 13.2. The molecule has 6 nitrogen and oxygen atoms in total. The molecule has 2 N–H and O–H groups in total. The van der Waals surface area contributed by atoms with Crippen LogP contribution in [0.4, 0.5) is 5.69 Å². The van der Waals surface area contributed by atoms with Crippen molar-refractivity contribution in [2.24, 2.45) is 11.8 Å². The molecule has 0 saturated carbocycles. The second-order valence-corrected chi connectivity index (χ2v) is 7.44. The number of carbonyl (C=O) groups is 1. The van der Waals surface area contributed by atoms with Crippen molar-refractivity contribution in [2.45, 2.75) is 24.6 Å². The molecule has 0 aromatic heterocycles. The van der Waals surface area contributed by atoms with Crippen LogP contribution in [0.1, 0.15) is 11.6 Å². The van der Waals surface area contributed by atoms with Gasteiger partial charge >= 0.3 is 0 Å². The maximum Gasteiger partial charge on any atom is 0.234 e. The summed E-state index contributed by atoms with van der Waals surface area (Å²) >= 11 is 0. The van der Waals surface area contributed by atoms with Gasteiger partial charge in [-0.1, -0.05) is 48.5 Å². The van der Waals surface area contributed by atoms with Gasteiger partial charge in [0.15, 0.2) is 6.29 Å². The minimum Gasteiger partial charge on any atom is -0.394 e. The fourth-order valence-corrected chi connectivity index (χ4v) is 5.02. The number of ether oxygens (including phenoxy) is 1. The minimum absolute atomic E-state index is 0.0281. The Balaban J connectivity index is 1.49. The number of anilines is 1. The standard InChI is InChI=1S/C21H22N2O4/c24-12-16(13-7-3-1-4-8-13)22-11-15-17-18(22)21(26)27-20(17)23(19(15)25)14-9-5-2-6-10-14/h1-10,15-18,20-21,24,26H,11-12H2/t15-,16+,17-,18+,20+,21?/m1/s1. The Labute approximate surface area is 157 Å². The third-order valence-corrected chi connectivity index (χ3v) is 6.15. The Morgan fingerprint density at radius 1 is 1.07 bits per heavy atom. The molecule has 1 unspecified atom stereocenters. The number of amides is 1. The monoisotopic (exact) mass is 366 g/mol. The van der Waals surface area contributed by atoms with Crippen LogP contribution in [0.15, 0.2) is 60.7 Å². The summed E-state index contributed by atoms with van der Waals surface area (Å²) in [5.41, 5.74) is 1.77. The molecule has 3 fully saturated rings. The first-order valence-corrected chi connectivity index (χ1v) is 9.34. The van der Waals surface area contributed by atoms with Crippen LogP contribution >= 0.6 is 0 Å². The van der Waals surface area contributed by atoms with Gasteiger partial charge in [0.05, 0.1) is 24.6 Å². The number of rotatable bonds is 4. The van der Waals surface area contributed by atoms with E-state index in [1.807, 2.05) is 60.7 Å². The quantitative estimate of drug-likeness (QED) is 0.855. The van der Waals surface area contributed by atoms with Crippen molar-refractivity contribution in [1.82, 2.24) is 4.90 Å². The third-order valence-electron chi connectivity index (χ3n) is 6.15. The van der Waals surface area contributed by atoms with Crippen LogP contribution in [-0.4, -0.2) is 52.7 Å². The topological polar surface area (TPSA) is 73.2 Å². The van der Waals surface area contributed by atoms with Crippen LogP contribution in [0.25, 0.3) is 0 Å². The van der Waals surface area contributed by atoms with Crippen molar-refractivity contribution < 1.29 is 19.7 Å². The molecule has 2 aromatic rings. The number of likely N-dealkylation sites (tertiary alicyclic amines) is 1. The van der Waals surface area contributed by atoms with Crippen molar-refractivity contribution >= 4 is 11.6 Å². The normalized spacial score (nSPS) is 33.5. The summed E-state index contributed by atoms with van der Waals surface area (Å²) in [6, 6.07) is 18.6. The SMILES string of the molecule is O=C1[C@@H]2CN([C@@H](CO)c3ccccc3)[C@@H]3C(O)O[C@@H]([C@@H]32)N1c1ccccc1. The van der Waals surface area contributed by atoms with Crippen LogP contribution in [0.2, 0.25) is 0 Å². The summed E-state index contributed by atoms with van der Waals surface area (Å²) < 4.78 is 5.85. The van der Waals surface area contributed by atoms with Gasteiger partial charge in [0, 0.05) is 18.2 Å². The zero-order valence-corrected chi connectivity index (χ0v) is 14.8. The first-order valence-electron chi connectivity index (χ1n) is 9.34. The second-order valence-electron chi connectivity index (χ2n) is 7.44. The fourth-order valence-electron chi connectivity index (χ4n) is 5.02. The second kappa shape index (κ2) is 6.42. The van der Waals surface area contributed by atoms with E-state index in [4.69, 9.17) is 4.74 Å². The number of para-hydroxylation sites is 1. The molecule has 6 atom stereocenters. The molecule has 3 aliphatic rings. The van der Waals surface area contributed by atoms with Gasteiger partial charge in [0.25, 0.3) is 0 Å². The molecule has 0 spiro atoms. The highest BCUT2D eigenvalue weighted by molar-refractivity contribution is 5.99. The smallest absolute Gasteiger partial charge is 0.234 e. The van der Waals surface area contributed by atoms with E-state index in [9.17, 15) is 15.0 Å². The number of nitrogens with zero attached hydrogens (tertiary/aromatic N) is 2. The highest BCUT2D eigenvalue weighted by atomic mass is 16.6. The Bertz CT molecular complexity index is 831. The highest BCUT2D eigenvalue weighted by Gasteiger charge is 2.65. The van der Waals surface area contributed by atoms with E-state index in [-0.39, 0.29) is 36.4 Å². The third kappa shape index (κ3) is 2.45. The summed E-state index contributed by atoms with van der Waals surface area (Å²) in [6.07, 6.45) is -1.45. The molecule has 3 aliphatic heterocycles. The molecule has 0 aliphatic carbocycles. The molecule has 3 heterocycles. The Kier molecular flexibility index (Phi) is 4.02. The molecule has 0 bridgehead atoms. The van der Waals surface area contributed by atoms with Crippen molar-refractivity contribution in [3.05, 3.63) is 66.2 Å². The highest BCUT2D eigenvalue weighted by Crippen LogP contribution is 2.51. The lowest BCUT2D eigenvalue weighted by atomic mass is 9.94. The first-order chi connectivity index (χ1) is 13.2. The molecule has 27 heavy (non-hydrogen) atoms. The maximum absolute atomic E-state index is 13.2. The molecular weight excluding hydrogens is 344 g/mol. The summed E-state index contributed by atoms with van der Waals surface area (Å²) in [5.74, 6) is -0.319. The van der Waals surface area contributed by atoms with Crippen molar-refractivity contribution in [2.75, 3.05) is 18.1 Å². The lowest BCUT2D eigenvalue weighted by molar-refractivity contribution is -0.126. The molecule has 2 aromatic carbocycles. The van der Waals surface area contributed by atoms with E-state index >= 15 is 0 Å². The summed E-state index contributed by atoms with van der Waals surface area (Å²) in [6.45, 7) is 0.433. The van der Waals surface area contributed by atoms with Crippen LogP contribution in [0.3, 0.4) is 0 Å². The van der Waals surface area contributed by atoms with Crippen LogP contribution < -0.4 is 4.90 Å². The number of hydrogen-bond donors (Lipinski definition) is 2. The van der Waals surface area contributed by atoms with Gasteiger partial charge in [-0.05, 0) is 17.7 Å². The zero-order chi connectivity index (χ0) is 18.5. The molecule has 5 rings (SSSR count). The van der Waals surface area contributed by atoms with Gasteiger partial charge in [-0.3, -0.25) is 14.6 Å². The molecule has 0 radical (unpaired) electrons. The van der Waals surface area contributed by atoms with Crippen molar-refractivity contribution in [1.29, 1.82) is 0 Å². The first kappa shape index (κ1) is 16.9. The number of hydrogen-bond acceptors (Lipinski definition) is 5. The lowest BCUT2D eigenvalue weighted by Gasteiger charge is -2.32.